The molecule has 0 fully saturated rings. The Balaban J connectivity index is 2.22. The standard InChI is InChI=1S/C19H20N2O2/c1-14(2)19(16-8-4-3-5-9-16)18(13-23)21-20-17-10-6-7-15(11-17)12-22/h3-13,20-21,23H,1-2H3/b18-13+. The van der Waals surface area contributed by atoms with Crippen LogP contribution < -0.4 is 10.9 Å². The van der Waals surface area contributed by atoms with Crippen molar-refractivity contribution in [2.45, 2.75) is 13.8 Å². The Bertz CT molecular complexity index is 730. The molecule has 2 rings (SSSR count). The summed E-state index contributed by atoms with van der Waals surface area (Å²) < 4.78 is 0. The van der Waals surface area contributed by atoms with E-state index in [4.69, 9.17) is 0 Å². The van der Waals surface area contributed by atoms with Crippen LogP contribution in [-0.4, -0.2) is 11.4 Å². The quantitative estimate of drug-likeness (QED) is 0.322. The smallest absolute Gasteiger partial charge is 0.150 e. The number of carbonyl (C=O) groups is 1. The van der Waals surface area contributed by atoms with Crippen LogP contribution in [-0.2, 0) is 0 Å². The van der Waals surface area contributed by atoms with Crippen LogP contribution in [0.15, 0.2) is 72.1 Å². The predicted octanol–water partition coefficient (Wildman–Crippen LogP) is 4.31. The molecule has 0 saturated heterocycles. The second-order valence-corrected chi connectivity index (χ2v) is 5.28. The molecule has 4 nitrogen and oxygen atoms in total. The van der Waals surface area contributed by atoms with E-state index in [0.717, 1.165) is 34.9 Å². The first-order valence-electron chi connectivity index (χ1n) is 7.30. The lowest BCUT2D eigenvalue weighted by molar-refractivity contribution is 0.112. The number of rotatable bonds is 6. The number of hydrazine groups is 1. The van der Waals surface area contributed by atoms with E-state index in [-0.39, 0.29) is 0 Å². The first kappa shape index (κ1) is 16.4. The van der Waals surface area contributed by atoms with E-state index in [9.17, 15) is 9.90 Å². The number of carbonyl (C=O) groups excluding carboxylic acids is 1. The van der Waals surface area contributed by atoms with Crippen LogP contribution in [0, 0.1) is 0 Å². The van der Waals surface area contributed by atoms with Gasteiger partial charge in [-0.05, 0) is 31.5 Å². The molecule has 0 saturated carbocycles. The third-order valence-electron chi connectivity index (χ3n) is 3.33. The van der Waals surface area contributed by atoms with Crippen LogP contribution in [0.2, 0.25) is 0 Å². The van der Waals surface area contributed by atoms with Gasteiger partial charge in [0.15, 0.2) is 0 Å². The average molecular weight is 308 g/mol. The fraction of sp³-hybridized carbons (Fsp3) is 0.105. The maximum absolute atomic E-state index is 10.8. The van der Waals surface area contributed by atoms with Gasteiger partial charge in [0.05, 0.1) is 11.4 Å². The molecule has 118 valence electrons. The van der Waals surface area contributed by atoms with Crippen molar-refractivity contribution < 1.29 is 9.90 Å². The van der Waals surface area contributed by atoms with Crippen molar-refractivity contribution >= 4 is 17.5 Å². The lowest BCUT2D eigenvalue weighted by Gasteiger charge is -2.17. The number of nitrogens with one attached hydrogen (secondary N) is 2. The summed E-state index contributed by atoms with van der Waals surface area (Å²) in [6.45, 7) is 3.97. The van der Waals surface area contributed by atoms with Gasteiger partial charge in [0.1, 0.15) is 12.5 Å². The Morgan fingerprint density at radius 3 is 2.39 bits per heavy atom. The highest BCUT2D eigenvalue weighted by Gasteiger charge is 2.10. The molecule has 23 heavy (non-hydrogen) atoms. The van der Waals surface area contributed by atoms with E-state index in [1.54, 1.807) is 18.2 Å². The van der Waals surface area contributed by atoms with Crippen LogP contribution in [0.3, 0.4) is 0 Å². The number of hydrogen-bond donors (Lipinski definition) is 3. The van der Waals surface area contributed by atoms with Gasteiger partial charge in [-0.25, -0.2) is 0 Å². The molecule has 0 unspecified atom stereocenters. The zero-order chi connectivity index (χ0) is 16.7. The second kappa shape index (κ2) is 7.84. The minimum Gasteiger partial charge on any atom is -0.513 e. The molecule has 0 aliphatic heterocycles. The molecule has 0 spiro atoms. The lowest BCUT2D eigenvalue weighted by Crippen LogP contribution is -2.22. The summed E-state index contributed by atoms with van der Waals surface area (Å²) in [6.07, 6.45) is 1.82. The third kappa shape index (κ3) is 4.23. The first-order valence-corrected chi connectivity index (χ1v) is 7.30. The Kier molecular flexibility index (Phi) is 5.58. The summed E-state index contributed by atoms with van der Waals surface area (Å²) in [4.78, 5) is 10.8. The van der Waals surface area contributed by atoms with Crippen molar-refractivity contribution in [3.8, 4) is 0 Å². The van der Waals surface area contributed by atoms with E-state index in [0.29, 0.717) is 11.3 Å². The van der Waals surface area contributed by atoms with Gasteiger partial charge in [-0.3, -0.25) is 10.2 Å². The van der Waals surface area contributed by atoms with E-state index >= 15 is 0 Å². The largest absolute Gasteiger partial charge is 0.513 e. The Labute approximate surface area is 136 Å². The van der Waals surface area contributed by atoms with Gasteiger partial charge in [-0.15, -0.1) is 0 Å². The summed E-state index contributed by atoms with van der Waals surface area (Å²) in [5.41, 5.74) is 10.8. The van der Waals surface area contributed by atoms with Crippen LogP contribution in [0.4, 0.5) is 5.69 Å². The van der Waals surface area contributed by atoms with Gasteiger partial charge in [-0.2, -0.15) is 0 Å². The fourth-order valence-electron chi connectivity index (χ4n) is 2.31. The van der Waals surface area contributed by atoms with Crippen LogP contribution >= 0.6 is 0 Å². The SMILES string of the molecule is CC(C)=C(/C(=C\O)NNc1cccc(C=O)c1)c1ccccc1. The van der Waals surface area contributed by atoms with E-state index in [2.05, 4.69) is 10.9 Å². The van der Waals surface area contributed by atoms with Crippen LogP contribution in [0.5, 0.6) is 0 Å². The predicted molar refractivity (Wildman–Crippen MR) is 94.0 cm³/mol. The van der Waals surface area contributed by atoms with Crippen molar-refractivity contribution in [1.29, 1.82) is 0 Å². The van der Waals surface area contributed by atoms with E-state index < -0.39 is 0 Å². The number of aldehydes is 1. The molecule has 3 N–H and O–H groups in total. The van der Waals surface area contributed by atoms with Gasteiger partial charge in [0.25, 0.3) is 0 Å². The maximum atomic E-state index is 10.8. The number of aliphatic hydroxyl groups is 1. The monoisotopic (exact) mass is 308 g/mol. The molecule has 0 amide bonds. The van der Waals surface area contributed by atoms with Gasteiger partial charge in [-0.1, -0.05) is 48.0 Å². The third-order valence-corrected chi connectivity index (χ3v) is 3.33. The zero-order valence-corrected chi connectivity index (χ0v) is 13.2. The Hall–Kier alpha value is -3.01. The molecule has 0 aliphatic carbocycles. The van der Waals surface area contributed by atoms with Crippen LogP contribution in [0.1, 0.15) is 29.8 Å². The lowest BCUT2D eigenvalue weighted by atomic mass is 9.99. The number of hydrogen-bond acceptors (Lipinski definition) is 4. The van der Waals surface area contributed by atoms with Gasteiger partial charge in [0.2, 0.25) is 0 Å². The molecule has 0 radical (unpaired) electrons. The summed E-state index contributed by atoms with van der Waals surface area (Å²) in [5.74, 6) is 0. The fourth-order valence-corrected chi connectivity index (χ4v) is 2.31. The van der Waals surface area contributed by atoms with E-state index in [1.807, 2.05) is 50.2 Å². The normalized spacial score (nSPS) is 10.8. The molecule has 2 aromatic carbocycles. The van der Waals surface area contributed by atoms with Crippen molar-refractivity contribution in [3.63, 3.8) is 0 Å². The van der Waals surface area contributed by atoms with Gasteiger partial charge in [0, 0.05) is 11.1 Å². The molecule has 0 aliphatic rings. The zero-order valence-electron chi connectivity index (χ0n) is 13.2. The highest BCUT2D eigenvalue weighted by molar-refractivity contribution is 5.80. The minimum absolute atomic E-state index is 0.549. The average Bonchev–Trinajstić information content (AvgIpc) is 2.59. The van der Waals surface area contributed by atoms with Crippen molar-refractivity contribution in [3.05, 3.63) is 83.3 Å². The molecule has 0 bridgehead atoms. The molecular formula is C19H20N2O2. The maximum Gasteiger partial charge on any atom is 0.150 e. The second-order valence-electron chi connectivity index (χ2n) is 5.28. The summed E-state index contributed by atoms with van der Waals surface area (Å²) in [5, 5.41) is 9.63. The molecular weight excluding hydrogens is 288 g/mol. The highest BCUT2D eigenvalue weighted by Crippen LogP contribution is 2.24. The molecule has 4 heteroatoms. The topological polar surface area (TPSA) is 61.4 Å². The summed E-state index contributed by atoms with van der Waals surface area (Å²) in [7, 11) is 0. The Morgan fingerprint density at radius 2 is 1.78 bits per heavy atom. The molecule has 0 aromatic heterocycles. The van der Waals surface area contributed by atoms with Gasteiger partial charge < -0.3 is 10.5 Å². The summed E-state index contributed by atoms with van der Waals surface area (Å²) >= 11 is 0. The number of anilines is 1. The van der Waals surface area contributed by atoms with Crippen molar-refractivity contribution in [1.82, 2.24) is 5.43 Å². The Morgan fingerprint density at radius 1 is 1.04 bits per heavy atom. The van der Waals surface area contributed by atoms with Gasteiger partial charge >= 0.3 is 0 Å². The molecule has 2 aromatic rings. The first-order chi connectivity index (χ1) is 11.2. The summed E-state index contributed by atoms with van der Waals surface area (Å²) in [6, 6.07) is 16.9. The van der Waals surface area contributed by atoms with Crippen LogP contribution in [0.25, 0.3) is 5.57 Å². The number of benzene rings is 2. The highest BCUT2D eigenvalue weighted by atomic mass is 16.2. The number of allylic oxidation sites excluding steroid dienone is 2. The molecule has 0 heterocycles. The van der Waals surface area contributed by atoms with E-state index in [1.165, 1.54) is 0 Å². The number of aliphatic hydroxyl groups excluding tert-OH is 1. The molecule has 0 atom stereocenters. The van der Waals surface area contributed by atoms with Crippen molar-refractivity contribution in [2.24, 2.45) is 0 Å². The van der Waals surface area contributed by atoms with Crippen molar-refractivity contribution in [2.75, 3.05) is 5.43 Å². The minimum atomic E-state index is 0.549.